The fraction of sp³-hybridized carbons (Fsp3) is 0.400. The highest BCUT2D eigenvalue weighted by Gasteiger charge is 2.26. The molecular formula is C10H12F3N3O. The number of aryl methyl sites for hydroxylation is 1. The van der Waals surface area contributed by atoms with Crippen LogP contribution in [0.4, 0.5) is 18.9 Å². The molecule has 0 bridgehead atoms. The lowest BCUT2D eigenvalue weighted by atomic mass is 10.2. The Morgan fingerprint density at radius 1 is 1.53 bits per heavy atom. The number of aromatic nitrogens is 1. The molecule has 0 saturated heterocycles. The average Bonchev–Trinajstić information content (AvgIpc) is 2.19. The molecule has 0 aliphatic carbocycles. The third-order valence-electron chi connectivity index (χ3n) is 2.05. The topological polar surface area (TPSA) is 68.0 Å². The van der Waals surface area contributed by atoms with E-state index in [9.17, 15) is 18.0 Å². The van der Waals surface area contributed by atoms with Crippen LogP contribution in [0.25, 0.3) is 0 Å². The zero-order valence-electron chi connectivity index (χ0n) is 9.14. The second-order valence-electron chi connectivity index (χ2n) is 3.52. The van der Waals surface area contributed by atoms with Crippen molar-refractivity contribution >= 4 is 11.6 Å². The van der Waals surface area contributed by atoms with Gasteiger partial charge in [-0.3, -0.25) is 9.78 Å². The van der Waals surface area contributed by atoms with Crippen molar-refractivity contribution in [1.29, 1.82) is 0 Å². The van der Waals surface area contributed by atoms with Crippen LogP contribution < -0.4 is 11.1 Å². The molecule has 0 aliphatic rings. The molecule has 1 heterocycles. The lowest BCUT2D eigenvalue weighted by Gasteiger charge is -2.09. The molecule has 1 aromatic rings. The summed E-state index contributed by atoms with van der Waals surface area (Å²) in [5.41, 5.74) is 6.34. The highest BCUT2D eigenvalue weighted by molar-refractivity contribution is 5.95. The number of nitrogen functional groups attached to an aromatic ring is 1. The molecule has 94 valence electrons. The normalized spacial score (nSPS) is 11.3. The lowest BCUT2D eigenvalue weighted by molar-refractivity contribution is -0.132. The van der Waals surface area contributed by atoms with E-state index in [4.69, 9.17) is 5.73 Å². The van der Waals surface area contributed by atoms with Gasteiger partial charge in [0.15, 0.2) is 0 Å². The summed E-state index contributed by atoms with van der Waals surface area (Å²) in [5, 5.41) is 2.17. The predicted molar refractivity (Wildman–Crippen MR) is 56.4 cm³/mol. The van der Waals surface area contributed by atoms with Gasteiger partial charge in [-0.15, -0.1) is 0 Å². The third kappa shape index (κ3) is 4.29. The molecule has 0 saturated carbocycles. The number of pyridine rings is 1. The van der Waals surface area contributed by atoms with Crippen LogP contribution in [0.15, 0.2) is 12.3 Å². The Bertz CT molecular complexity index is 418. The monoisotopic (exact) mass is 247 g/mol. The van der Waals surface area contributed by atoms with Crippen molar-refractivity contribution in [1.82, 2.24) is 10.3 Å². The number of alkyl halides is 3. The minimum absolute atomic E-state index is 0.187. The first-order chi connectivity index (χ1) is 7.79. The van der Waals surface area contributed by atoms with Gasteiger partial charge in [0, 0.05) is 6.54 Å². The number of nitrogens with zero attached hydrogens (tertiary/aromatic N) is 1. The van der Waals surface area contributed by atoms with Crippen LogP contribution in [-0.4, -0.2) is 23.6 Å². The fourth-order valence-corrected chi connectivity index (χ4v) is 1.19. The molecule has 17 heavy (non-hydrogen) atoms. The van der Waals surface area contributed by atoms with Crippen molar-refractivity contribution < 1.29 is 18.0 Å². The number of rotatable bonds is 3. The summed E-state index contributed by atoms with van der Waals surface area (Å²) >= 11 is 0. The number of anilines is 1. The molecule has 0 aromatic carbocycles. The van der Waals surface area contributed by atoms with Crippen molar-refractivity contribution in [3.05, 3.63) is 23.5 Å². The highest BCUT2D eigenvalue weighted by Crippen LogP contribution is 2.18. The Morgan fingerprint density at radius 2 is 2.18 bits per heavy atom. The number of hydrogen-bond donors (Lipinski definition) is 2. The van der Waals surface area contributed by atoms with Gasteiger partial charge in [-0.25, -0.2) is 0 Å². The van der Waals surface area contributed by atoms with Gasteiger partial charge in [-0.2, -0.15) is 13.2 Å². The standard InChI is InChI=1S/C10H12F3N3O/c1-6-8(4-7(14)5-16-6)9(17)15-3-2-10(11,12)13/h4-5H,2-3,14H2,1H3,(H,15,17). The maximum absolute atomic E-state index is 11.9. The van der Waals surface area contributed by atoms with Crippen LogP contribution in [0.5, 0.6) is 0 Å². The molecule has 0 radical (unpaired) electrons. The van der Waals surface area contributed by atoms with Crippen molar-refractivity contribution in [2.75, 3.05) is 12.3 Å². The number of amides is 1. The molecule has 0 unspecified atom stereocenters. The largest absolute Gasteiger partial charge is 0.397 e. The van der Waals surface area contributed by atoms with E-state index < -0.39 is 25.0 Å². The lowest BCUT2D eigenvalue weighted by Crippen LogP contribution is -2.28. The molecule has 0 aliphatic heterocycles. The van der Waals surface area contributed by atoms with Gasteiger partial charge in [-0.1, -0.05) is 0 Å². The molecule has 7 heteroatoms. The van der Waals surface area contributed by atoms with E-state index in [1.54, 1.807) is 6.92 Å². The van der Waals surface area contributed by atoms with Gasteiger partial charge in [0.1, 0.15) is 0 Å². The summed E-state index contributed by atoms with van der Waals surface area (Å²) < 4.78 is 35.6. The molecule has 4 nitrogen and oxygen atoms in total. The van der Waals surface area contributed by atoms with Gasteiger partial charge in [0.25, 0.3) is 5.91 Å². The molecule has 0 atom stereocenters. The third-order valence-corrected chi connectivity index (χ3v) is 2.05. The van der Waals surface area contributed by atoms with Crippen LogP contribution in [0.1, 0.15) is 22.5 Å². The number of hydrogen-bond acceptors (Lipinski definition) is 3. The number of nitrogens with two attached hydrogens (primary N) is 1. The first-order valence-electron chi connectivity index (χ1n) is 4.86. The van der Waals surface area contributed by atoms with E-state index in [0.29, 0.717) is 5.69 Å². The van der Waals surface area contributed by atoms with E-state index in [2.05, 4.69) is 10.3 Å². The van der Waals surface area contributed by atoms with Gasteiger partial charge in [0.2, 0.25) is 0 Å². The number of carbonyl (C=O) groups is 1. The van der Waals surface area contributed by atoms with Gasteiger partial charge >= 0.3 is 6.18 Å². The Morgan fingerprint density at radius 3 is 2.76 bits per heavy atom. The summed E-state index contributed by atoms with van der Waals surface area (Å²) in [6, 6.07) is 1.38. The number of carbonyl (C=O) groups excluding carboxylic acids is 1. The SMILES string of the molecule is Cc1ncc(N)cc1C(=O)NCCC(F)(F)F. The van der Waals surface area contributed by atoms with Gasteiger partial charge in [-0.05, 0) is 13.0 Å². The van der Waals surface area contributed by atoms with E-state index >= 15 is 0 Å². The Labute approximate surface area is 96.0 Å². The molecule has 0 fully saturated rings. The first kappa shape index (κ1) is 13.3. The molecule has 1 amide bonds. The summed E-state index contributed by atoms with van der Waals surface area (Å²) in [6.45, 7) is 1.12. The summed E-state index contributed by atoms with van der Waals surface area (Å²) in [6.07, 6.45) is -3.97. The molecule has 1 aromatic heterocycles. The second kappa shape index (κ2) is 5.03. The average molecular weight is 247 g/mol. The van der Waals surface area contributed by atoms with E-state index in [1.807, 2.05) is 0 Å². The van der Waals surface area contributed by atoms with Crippen LogP contribution in [0.3, 0.4) is 0 Å². The van der Waals surface area contributed by atoms with Crippen LogP contribution in [0, 0.1) is 6.92 Å². The minimum atomic E-state index is -4.28. The second-order valence-corrected chi connectivity index (χ2v) is 3.52. The van der Waals surface area contributed by atoms with Crippen LogP contribution >= 0.6 is 0 Å². The van der Waals surface area contributed by atoms with E-state index in [1.165, 1.54) is 12.3 Å². The van der Waals surface area contributed by atoms with E-state index in [-0.39, 0.29) is 11.3 Å². The zero-order valence-corrected chi connectivity index (χ0v) is 9.14. The van der Waals surface area contributed by atoms with Gasteiger partial charge in [0.05, 0.1) is 29.6 Å². The van der Waals surface area contributed by atoms with Crippen molar-refractivity contribution in [3.63, 3.8) is 0 Å². The van der Waals surface area contributed by atoms with E-state index in [0.717, 1.165) is 0 Å². The quantitative estimate of drug-likeness (QED) is 0.853. The van der Waals surface area contributed by atoms with Crippen LogP contribution in [0.2, 0.25) is 0 Å². The van der Waals surface area contributed by atoms with Crippen molar-refractivity contribution in [2.45, 2.75) is 19.5 Å². The first-order valence-corrected chi connectivity index (χ1v) is 4.86. The fourth-order valence-electron chi connectivity index (χ4n) is 1.19. The maximum Gasteiger partial charge on any atom is 0.390 e. The Kier molecular flexibility index (Phi) is 3.93. The molecular weight excluding hydrogens is 235 g/mol. The smallest absolute Gasteiger partial charge is 0.390 e. The Balaban J connectivity index is 2.61. The number of nitrogens with one attached hydrogen (secondary N) is 1. The molecule has 1 rings (SSSR count). The predicted octanol–water partition coefficient (Wildman–Crippen LogP) is 1.65. The zero-order chi connectivity index (χ0) is 13.1. The Hall–Kier alpha value is -1.79. The summed E-state index contributed by atoms with van der Waals surface area (Å²) in [7, 11) is 0. The summed E-state index contributed by atoms with van der Waals surface area (Å²) in [4.78, 5) is 15.4. The van der Waals surface area contributed by atoms with Gasteiger partial charge < -0.3 is 11.1 Å². The maximum atomic E-state index is 11.9. The molecule has 3 N–H and O–H groups in total. The van der Waals surface area contributed by atoms with Crippen molar-refractivity contribution in [3.8, 4) is 0 Å². The minimum Gasteiger partial charge on any atom is -0.397 e. The van der Waals surface area contributed by atoms with Crippen molar-refractivity contribution in [2.24, 2.45) is 0 Å². The summed E-state index contributed by atoms with van der Waals surface area (Å²) in [5.74, 6) is -0.605. The molecule has 0 spiro atoms. The van der Waals surface area contributed by atoms with Crippen LogP contribution in [-0.2, 0) is 0 Å². The highest BCUT2D eigenvalue weighted by atomic mass is 19.4. The number of halogens is 3.